The predicted molar refractivity (Wildman–Crippen MR) is 78.2 cm³/mol. The third kappa shape index (κ3) is 3.10. The highest BCUT2D eigenvalue weighted by atomic mass is 32.2. The van der Waals surface area contributed by atoms with Gasteiger partial charge in [0.2, 0.25) is 15.9 Å². The second-order valence-corrected chi connectivity index (χ2v) is 6.96. The van der Waals surface area contributed by atoms with Crippen LogP contribution in [-0.4, -0.2) is 50.6 Å². The van der Waals surface area contributed by atoms with Crippen LogP contribution < -0.4 is 10.6 Å². The lowest BCUT2D eigenvalue weighted by Crippen LogP contribution is -2.49. The average Bonchev–Trinajstić information content (AvgIpc) is 2.47. The molecule has 0 atom stereocenters. The third-order valence-electron chi connectivity index (χ3n) is 3.51. The molecule has 1 saturated heterocycles. The van der Waals surface area contributed by atoms with Crippen molar-refractivity contribution >= 4 is 21.6 Å². The van der Waals surface area contributed by atoms with Gasteiger partial charge in [0.1, 0.15) is 0 Å². The number of amides is 1. The molecule has 20 heavy (non-hydrogen) atoms. The highest BCUT2D eigenvalue weighted by Gasteiger charge is 2.25. The Bertz CT molecular complexity index is 575. The minimum Gasteiger partial charge on any atom is -0.369 e. The normalized spacial score (nSPS) is 17.1. The lowest BCUT2D eigenvalue weighted by atomic mass is 10.2. The van der Waals surface area contributed by atoms with E-state index in [2.05, 4.69) is 4.90 Å². The number of rotatable bonds is 4. The van der Waals surface area contributed by atoms with Crippen LogP contribution in [0.4, 0.5) is 5.69 Å². The molecule has 0 spiro atoms. The number of primary amides is 1. The van der Waals surface area contributed by atoms with Crippen LogP contribution >= 0.6 is 0 Å². The molecule has 2 N–H and O–H groups in total. The van der Waals surface area contributed by atoms with Crippen molar-refractivity contribution in [2.45, 2.75) is 6.92 Å². The standard InChI is InChI=1S/C13H19N3O3S/c1-2-20(18,19)16-9-7-15(8-10-16)12-5-3-11(4-6-12)13(14)17/h3-6H,2,7-10H2,1H3,(H2,14,17). The lowest BCUT2D eigenvalue weighted by Gasteiger charge is -2.35. The summed E-state index contributed by atoms with van der Waals surface area (Å²) in [4.78, 5) is 13.1. The number of sulfonamides is 1. The molecule has 1 aliphatic heterocycles. The molecule has 7 heteroatoms. The first kappa shape index (κ1) is 14.8. The maximum absolute atomic E-state index is 11.8. The molecule has 2 rings (SSSR count). The van der Waals surface area contributed by atoms with Gasteiger partial charge in [-0.15, -0.1) is 0 Å². The zero-order valence-electron chi connectivity index (χ0n) is 11.4. The minimum atomic E-state index is -3.10. The molecule has 0 bridgehead atoms. The van der Waals surface area contributed by atoms with Gasteiger partial charge in [0.25, 0.3) is 0 Å². The zero-order valence-corrected chi connectivity index (χ0v) is 12.3. The fourth-order valence-electron chi connectivity index (χ4n) is 2.24. The van der Waals surface area contributed by atoms with Gasteiger partial charge in [0.05, 0.1) is 5.75 Å². The summed E-state index contributed by atoms with van der Waals surface area (Å²) < 4.78 is 25.1. The van der Waals surface area contributed by atoms with Gasteiger partial charge in [-0.3, -0.25) is 4.79 Å². The van der Waals surface area contributed by atoms with Crippen molar-refractivity contribution in [3.63, 3.8) is 0 Å². The van der Waals surface area contributed by atoms with Crippen molar-refractivity contribution in [3.8, 4) is 0 Å². The van der Waals surface area contributed by atoms with E-state index in [-0.39, 0.29) is 5.75 Å². The van der Waals surface area contributed by atoms with E-state index >= 15 is 0 Å². The van der Waals surface area contributed by atoms with E-state index < -0.39 is 15.9 Å². The number of carbonyl (C=O) groups excluding carboxylic acids is 1. The summed E-state index contributed by atoms with van der Waals surface area (Å²) in [6.07, 6.45) is 0. The van der Waals surface area contributed by atoms with Crippen molar-refractivity contribution in [2.75, 3.05) is 36.8 Å². The predicted octanol–water partition coefficient (Wildman–Crippen LogP) is 0.257. The Hall–Kier alpha value is -1.60. The average molecular weight is 297 g/mol. The van der Waals surface area contributed by atoms with Gasteiger partial charge in [-0.05, 0) is 31.2 Å². The molecule has 1 aliphatic rings. The molecule has 6 nitrogen and oxygen atoms in total. The highest BCUT2D eigenvalue weighted by molar-refractivity contribution is 7.89. The van der Waals surface area contributed by atoms with Gasteiger partial charge in [0, 0.05) is 37.4 Å². The monoisotopic (exact) mass is 297 g/mol. The lowest BCUT2D eigenvalue weighted by molar-refractivity contribution is 0.100. The third-order valence-corrected chi connectivity index (χ3v) is 5.40. The van der Waals surface area contributed by atoms with Crippen molar-refractivity contribution < 1.29 is 13.2 Å². The summed E-state index contributed by atoms with van der Waals surface area (Å²) in [6.45, 7) is 3.94. The Morgan fingerprint density at radius 1 is 1.15 bits per heavy atom. The molecule has 1 fully saturated rings. The number of carbonyl (C=O) groups is 1. The fourth-order valence-corrected chi connectivity index (χ4v) is 3.33. The molecule has 1 aromatic carbocycles. The van der Waals surface area contributed by atoms with Crippen LogP contribution in [0.3, 0.4) is 0 Å². The Morgan fingerprint density at radius 2 is 1.70 bits per heavy atom. The van der Waals surface area contributed by atoms with Crippen LogP contribution in [0.2, 0.25) is 0 Å². The second kappa shape index (κ2) is 5.80. The Morgan fingerprint density at radius 3 is 2.15 bits per heavy atom. The quantitative estimate of drug-likeness (QED) is 0.864. The SMILES string of the molecule is CCS(=O)(=O)N1CCN(c2ccc(C(N)=O)cc2)CC1. The molecule has 0 radical (unpaired) electrons. The Balaban J connectivity index is 2.02. The molecule has 1 amide bonds. The van der Waals surface area contributed by atoms with E-state index in [1.165, 1.54) is 4.31 Å². The van der Waals surface area contributed by atoms with Gasteiger partial charge >= 0.3 is 0 Å². The van der Waals surface area contributed by atoms with Crippen LogP contribution in [0.15, 0.2) is 24.3 Å². The Kier molecular flexibility index (Phi) is 4.29. The van der Waals surface area contributed by atoms with E-state index in [1.807, 2.05) is 12.1 Å². The van der Waals surface area contributed by atoms with E-state index in [9.17, 15) is 13.2 Å². The molecular weight excluding hydrogens is 278 g/mol. The van der Waals surface area contributed by atoms with Crippen molar-refractivity contribution in [1.29, 1.82) is 0 Å². The molecule has 0 aromatic heterocycles. The molecule has 0 unspecified atom stereocenters. The summed E-state index contributed by atoms with van der Waals surface area (Å²) in [5.41, 5.74) is 6.65. The minimum absolute atomic E-state index is 0.139. The number of benzene rings is 1. The molecule has 1 heterocycles. The molecule has 110 valence electrons. The molecular formula is C13H19N3O3S. The number of anilines is 1. The molecule has 1 aromatic rings. The Labute approximate surface area is 119 Å². The summed E-state index contributed by atoms with van der Waals surface area (Å²) >= 11 is 0. The van der Waals surface area contributed by atoms with E-state index in [0.29, 0.717) is 31.7 Å². The van der Waals surface area contributed by atoms with E-state index in [0.717, 1.165) is 5.69 Å². The van der Waals surface area contributed by atoms with Gasteiger partial charge in [-0.25, -0.2) is 8.42 Å². The number of nitrogens with zero attached hydrogens (tertiary/aromatic N) is 2. The first-order chi connectivity index (χ1) is 9.44. The summed E-state index contributed by atoms with van der Waals surface area (Å²) in [5, 5.41) is 0. The largest absolute Gasteiger partial charge is 0.369 e. The van der Waals surface area contributed by atoms with E-state index in [1.54, 1.807) is 19.1 Å². The maximum Gasteiger partial charge on any atom is 0.248 e. The zero-order chi connectivity index (χ0) is 14.8. The number of hydrogen-bond acceptors (Lipinski definition) is 4. The maximum atomic E-state index is 11.8. The van der Waals surface area contributed by atoms with Crippen LogP contribution in [0.25, 0.3) is 0 Å². The van der Waals surface area contributed by atoms with Crippen molar-refractivity contribution in [1.82, 2.24) is 4.31 Å². The van der Waals surface area contributed by atoms with Gasteiger partial charge in [-0.2, -0.15) is 4.31 Å². The number of nitrogens with two attached hydrogens (primary N) is 1. The topological polar surface area (TPSA) is 83.7 Å². The number of piperazine rings is 1. The van der Waals surface area contributed by atoms with Crippen molar-refractivity contribution in [3.05, 3.63) is 29.8 Å². The molecule has 0 saturated carbocycles. The van der Waals surface area contributed by atoms with Crippen LogP contribution in [0, 0.1) is 0 Å². The second-order valence-electron chi connectivity index (χ2n) is 4.70. The number of hydrogen-bond donors (Lipinski definition) is 1. The van der Waals surface area contributed by atoms with E-state index in [4.69, 9.17) is 5.73 Å². The summed E-state index contributed by atoms with van der Waals surface area (Å²) in [6, 6.07) is 7.05. The van der Waals surface area contributed by atoms with Gasteiger partial charge in [-0.1, -0.05) is 0 Å². The summed E-state index contributed by atoms with van der Waals surface area (Å²) in [7, 11) is -3.10. The smallest absolute Gasteiger partial charge is 0.248 e. The van der Waals surface area contributed by atoms with Crippen LogP contribution in [0.5, 0.6) is 0 Å². The fraction of sp³-hybridized carbons (Fsp3) is 0.462. The van der Waals surface area contributed by atoms with Crippen LogP contribution in [0.1, 0.15) is 17.3 Å². The van der Waals surface area contributed by atoms with Crippen LogP contribution in [-0.2, 0) is 10.0 Å². The highest BCUT2D eigenvalue weighted by Crippen LogP contribution is 2.18. The first-order valence-electron chi connectivity index (χ1n) is 6.56. The summed E-state index contributed by atoms with van der Waals surface area (Å²) in [5.74, 6) is -0.310. The molecule has 0 aliphatic carbocycles. The van der Waals surface area contributed by atoms with Gasteiger partial charge < -0.3 is 10.6 Å². The van der Waals surface area contributed by atoms with Crippen molar-refractivity contribution in [2.24, 2.45) is 5.73 Å². The van der Waals surface area contributed by atoms with Gasteiger partial charge in [0.15, 0.2) is 0 Å². The first-order valence-corrected chi connectivity index (χ1v) is 8.17.